The predicted octanol–water partition coefficient (Wildman–Crippen LogP) is 13.0. The number of hydrogen-bond acceptors (Lipinski definition) is 1. The van der Waals surface area contributed by atoms with Crippen LogP contribution in [0.2, 0.25) is 0 Å². The van der Waals surface area contributed by atoms with Crippen LogP contribution in [0, 0.1) is 5.92 Å². The fraction of sp³-hybridized carbons (Fsp3) is 0.100. The molecule has 2 atom stereocenters. The van der Waals surface area contributed by atoms with Crippen molar-refractivity contribution in [3.8, 4) is 27.9 Å². The van der Waals surface area contributed by atoms with Crippen LogP contribution in [0.5, 0.6) is 0 Å². The van der Waals surface area contributed by atoms with Crippen molar-refractivity contribution in [1.82, 2.24) is 9.13 Å². The molecule has 2 unspecified atom stereocenters. The van der Waals surface area contributed by atoms with E-state index >= 15 is 0 Å². The molecular weight excluding hydrogens is 643 g/mol. The zero-order chi connectivity index (χ0) is 35.5. The minimum absolute atomic E-state index is 0.0310. The lowest BCUT2D eigenvalue weighted by Crippen LogP contribution is -2.07. The normalized spacial score (nSPS) is 17.5. The van der Waals surface area contributed by atoms with E-state index in [-0.39, 0.29) is 5.41 Å². The van der Waals surface area contributed by atoms with Crippen LogP contribution in [0.3, 0.4) is 0 Å². The van der Waals surface area contributed by atoms with E-state index in [2.05, 4.69) is 199 Å². The molecule has 2 aromatic heterocycles. The number of rotatable bonds is 6. The minimum atomic E-state index is 0.0310. The molecule has 0 bridgehead atoms. The second kappa shape index (κ2) is 12.4. The van der Waals surface area contributed by atoms with Gasteiger partial charge in [-0.2, -0.15) is 0 Å². The maximum absolute atomic E-state index is 5.08. The number of hydrogen-bond donors (Lipinski definition) is 0. The first-order valence-electron chi connectivity index (χ1n) is 18.6. The topological polar surface area (TPSA) is 22.2 Å². The molecule has 0 radical (unpaired) electrons. The number of aromatic nitrogens is 2. The van der Waals surface area contributed by atoms with Crippen LogP contribution in [0.15, 0.2) is 187 Å². The summed E-state index contributed by atoms with van der Waals surface area (Å²) in [4.78, 5) is 5.08. The SMILES string of the molecule is CC(=N/C=C\C1(c2ccc(-c3ccccc3)cc2)CC1C)n1c2ccccc2c2cc(-c3ccc4c(c3)c3ccccc3n4-c3ccccc3)ccc21. The number of nitrogens with zero attached hydrogens (tertiary/aromatic N) is 3. The summed E-state index contributed by atoms with van der Waals surface area (Å²) in [6.45, 7) is 4.47. The number of aliphatic imine (C=N–C) groups is 1. The highest BCUT2D eigenvalue weighted by atomic mass is 15.1. The molecule has 7 aromatic carbocycles. The Labute approximate surface area is 309 Å². The molecule has 2 heterocycles. The van der Waals surface area contributed by atoms with Gasteiger partial charge in [0.05, 0.1) is 22.1 Å². The third-order valence-electron chi connectivity index (χ3n) is 11.5. The van der Waals surface area contributed by atoms with Crippen molar-refractivity contribution < 1.29 is 0 Å². The maximum atomic E-state index is 5.08. The van der Waals surface area contributed by atoms with E-state index in [9.17, 15) is 0 Å². The molecule has 3 nitrogen and oxygen atoms in total. The summed E-state index contributed by atoms with van der Waals surface area (Å²) < 4.78 is 4.68. The molecule has 0 spiro atoms. The highest BCUT2D eigenvalue weighted by Crippen LogP contribution is 2.55. The van der Waals surface area contributed by atoms with Gasteiger partial charge in [0.2, 0.25) is 0 Å². The molecule has 0 saturated heterocycles. The zero-order valence-corrected chi connectivity index (χ0v) is 29.9. The van der Waals surface area contributed by atoms with Gasteiger partial charge in [-0.05, 0) is 95.6 Å². The maximum Gasteiger partial charge on any atom is 0.110 e. The smallest absolute Gasteiger partial charge is 0.110 e. The van der Waals surface area contributed by atoms with Crippen molar-refractivity contribution in [2.24, 2.45) is 10.9 Å². The summed E-state index contributed by atoms with van der Waals surface area (Å²) in [5, 5.41) is 4.98. The molecule has 0 amide bonds. The van der Waals surface area contributed by atoms with Crippen molar-refractivity contribution >= 4 is 49.4 Å². The standard InChI is InChI=1S/C50H39N3/c1-34-33-50(34,40-25-21-37(22-26-40)36-13-5-3-6-14-36)29-30-51-35(2)52-46-19-11-9-17-42(46)44-31-38(23-27-48(44)52)39-24-28-49-45(32-39)43-18-10-12-20-47(43)53(49)41-15-7-4-8-16-41/h3-32,34H,33H2,1-2H3/b30-29-,51-35?. The third-order valence-corrected chi connectivity index (χ3v) is 11.5. The monoisotopic (exact) mass is 681 g/mol. The Morgan fingerprint density at radius 1 is 0.547 bits per heavy atom. The molecule has 10 rings (SSSR count). The van der Waals surface area contributed by atoms with E-state index < -0.39 is 0 Å². The highest BCUT2D eigenvalue weighted by molar-refractivity contribution is 6.15. The van der Waals surface area contributed by atoms with Crippen LogP contribution in [0.25, 0.3) is 71.6 Å². The minimum Gasteiger partial charge on any atom is -0.309 e. The van der Waals surface area contributed by atoms with Crippen molar-refractivity contribution in [1.29, 1.82) is 0 Å². The molecular formula is C50H39N3. The second-order valence-electron chi connectivity index (χ2n) is 14.6. The molecule has 9 aromatic rings. The van der Waals surface area contributed by atoms with Gasteiger partial charge in [0.15, 0.2) is 0 Å². The highest BCUT2D eigenvalue weighted by Gasteiger charge is 2.50. The third kappa shape index (κ3) is 5.15. The van der Waals surface area contributed by atoms with Gasteiger partial charge in [0.25, 0.3) is 0 Å². The average molecular weight is 682 g/mol. The first-order valence-corrected chi connectivity index (χ1v) is 18.6. The Balaban J connectivity index is 1.01. The number of fused-ring (bicyclic) bond motifs is 6. The quantitative estimate of drug-likeness (QED) is 0.123. The summed E-state index contributed by atoms with van der Waals surface area (Å²) in [5.74, 6) is 1.54. The molecule has 53 heavy (non-hydrogen) atoms. The molecule has 0 aliphatic heterocycles. The summed E-state index contributed by atoms with van der Waals surface area (Å²) in [5.41, 5.74) is 12.2. The van der Waals surface area contributed by atoms with E-state index in [4.69, 9.17) is 4.99 Å². The largest absolute Gasteiger partial charge is 0.309 e. The lowest BCUT2D eigenvalue weighted by molar-refractivity contribution is 0.776. The van der Waals surface area contributed by atoms with Crippen molar-refractivity contribution in [2.45, 2.75) is 25.7 Å². The molecule has 254 valence electrons. The van der Waals surface area contributed by atoms with E-state index in [1.54, 1.807) is 0 Å². The van der Waals surface area contributed by atoms with Crippen LogP contribution < -0.4 is 0 Å². The van der Waals surface area contributed by atoms with Crippen LogP contribution in [0.4, 0.5) is 0 Å². The number of allylic oxidation sites excluding steroid dienone is 1. The summed E-state index contributed by atoms with van der Waals surface area (Å²) >= 11 is 0. The molecule has 1 fully saturated rings. The lowest BCUT2D eigenvalue weighted by atomic mass is 9.91. The molecule has 1 aliphatic carbocycles. The Hall–Kier alpha value is -6.45. The first-order chi connectivity index (χ1) is 26.1. The van der Waals surface area contributed by atoms with Gasteiger partial charge < -0.3 is 4.57 Å². The van der Waals surface area contributed by atoms with E-state index in [0.29, 0.717) is 5.92 Å². The van der Waals surface area contributed by atoms with E-state index in [0.717, 1.165) is 17.8 Å². The van der Waals surface area contributed by atoms with Crippen molar-refractivity contribution in [2.75, 3.05) is 0 Å². The molecule has 1 aliphatic rings. The van der Waals surface area contributed by atoms with Crippen LogP contribution >= 0.6 is 0 Å². The molecule has 1 saturated carbocycles. The fourth-order valence-electron chi connectivity index (χ4n) is 8.63. The number of para-hydroxylation sites is 3. The summed E-state index contributed by atoms with van der Waals surface area (Å²) in [7, 11) is 0. The lowest BCUT2D eigenvalue weighted by Gasteiger charge is -2.13. The fourth-order valence-corrected chi connectivity index (χ4v) is 8.63. The van der Waals surface area contributed by atoms with Crippen LogP contribution in [0.1, 0.15) is 25.8 Å². The number of benzene rings is 7. The van der Waals surface area contributed by atoms with Gasteiger partial charge in [0.1, 0.15) is 5.84 Å². The average Bonchev–Trinajstić information content (AvgIpc) is 3.59. The Bertz CT molecular complexity index is 2870. The Morgan fingerprint density at radius 2 is 1.04 bits per heavy atom. The Kier molecular flexibility index (Phi) is 7.29. The van der Waals surface area contributed by atoms with Crippen molar-refractivity contribution in [3.05, 3.63) is 188 Å². The van der Waals surface area contributed by atoms with E-state index in [1.807, 2.05) is 6.20 Å². The predicted molar refractivity (Wildman–Crippen MR) is 224 cm³/mol. The second-order valence-corrected chi connectivity index (χ2v) is 14.6. The van der Waals surface area contributed by atoms with Gasteiger partial charge in [-0.1, -0.05) is 134 Å². The van der Waals surface area contributed by atoms with Crippen LogP contribution in [-0.4, -0.2) is 15.0 Å². The summed E-state index contributed by atoms with van der Waals surface area (Å²) in [6.07, 6.45) is 5.51. The van der Waals surface area contributed by atoms with Gasteiger partial charge >= 0.3 is 0 Å². The van der Waals surface area contributed by atoms with E-state index in [1.165, 1.54) is 71.6 Å². The van der Waals surface area contributed by atoms with Gasteiger partial charge in [-0.25, -0.2) is 4.99 Å². The van der Waals surface area contributed by atoms with Gasteiger partial charge in [-0.15, -0.1) is 0 Å². The van der Waals surface area contributed by atoms with Crippen LogP contribution in [-0.2, 0) is 5.41 Å². The molecule has 3 heteroatoms. The van der Waals surface area contributed by atoms with Gasteiger partial charge in [-0.3, -0.25) is 4.57 Å². The van der Waals surface area contributed by atoms with Crippen molar-refractivity contribution in [3.63, 3.8) is 0 Å². The first kappa shape index (κ1) is 31.3. The molecule has 0 N–H and O–H groups in total. The van der Waals surface area contributed by atoms with Gasteiger partial charge in [0, 0.05) is 38.8 Å². The Morgan fingerprint density at radius 3 is 1.72 bits per heavy atom. The zero-order valence-electron chi connectivity index (χ0n) is 29.9. The summed E-state index contributed by atoms with van der Waals surface area (Å²) in [6, 6.07) is 61.6.